The fourth-order valence-electron chi connectivity index (χ4n) is 1.30. The third-order valence-electron chi connectivity index (χ3n) is 2.42. The van der Waals surface area contributed by atoms with Crippen molar-refractivity contribution in [1.29, 1.82) is 0 Å². The molecule has 1 fully saturated rings. The van der Waals surface area contributed by atoms with Gasteiger partial charge in [0.05, 0.1) is 12.3 Å². The highest BCUT2D eigenvalue weighted by molar-refractivity contribution is 5.58. The van der Waals surface area contributed by atoms with Crippen LogP contribution in [0.1, 0.15) is 12.8 Å². The first-order valence-electron chi connectivity index (χ1n) is 4.93. The quantitative estimate of drug-likeness (QED) is 0.720. The topological polar surface area (TPSA) is 41.5 Å². The first-order chi connectivity index (χ1) is 6.79. The zero-order valence-corrected chi connectivity index (χ0v) is 8.29. The van der Waals surface area contributed by atoms with E-state index in [1.54, 1.807) is 19.2 Å². The summed E-state index contributed by atoms with van der Waals surface area (Å²) in [5, 5.41) is 12.3. The minimum Gasteiger partial charge on any atom is -0.506 e. The van der Waals surface area contributed by atoms with Crippen molar-refractivity contribution in [2.75, 3.05) is 19.0 Å². The molecule has 14 heavy (non-hydrogen) atoms. The lowest BCUT2D eigenvalue weighted by Gasteiger charge is -2.08. The van der Waals surface area contributed by atoms with Gasteiger partial charge in [-0.25, -0.2) is 0 Å². The number of phenolic OH excluding ortho intramolecular Hbond substituents is 1. The van der Waals surface area contributed by atoms with Gasteiger partial charge in [-0.15, -0.1) is 0 Å². The van der Waals surface area contributed by atoms with Crippen LogP contribution in [0.2, 0.25) is 0 Å². The van der Waals surface area contributed by atoms with Gasteiger partial charge in [0, 0.05) is 13.1 Å². The van der Waals surface area contributed by atoms with Crippen LogP contribution in [0.25, 0.3) is 0 Å². The molecule has 1 aromatic carbocycles. The molecule has 0 bridgehead atoms. The molecule has 0 aromatic heterocycles. The molecule has 0 amide bonds. The van der Waals surface area contributed by atoms with Gasteiger partial charge >= 0.3 is 0 Å². The van der Waals surface area contributed by atoms with E-state index in [0.29, 0.717) is 5.69 Å². The van der Waals surface area contributed by atoms with Gasteiger partial charge in [0.25, 0.3) is 0 Å². The van der Waals surface area contributed by atoms with E-state index in [1.165, 1.54) is 12.8 Å². The van der Waals surface area contributed by atoms with E-state index in [9.17, 15) is 5.11 Å². The SMILES string of the molecule is CNc1cc(OCC2CC2)ccc1O. The van der Waals surface area contributed by atoms with Crippen molar-refractivity contribution in [1.82, 2.24) is 0 Å². The molecule has 2 N–H and O–H groups in total. The van der Waals surface area contributed by atoms with Crippen LogP contribution in [-0.2, 0) is 0 Å². The molecular weight excluding hydrogens is 178 g/mol. The van der Waals surface area contributed by atoms with Crippen LogP contribution in [0.3, 0.4) is 0 Å². The molecule has 0 radical (unpaired) electrons. The Balaban J connectivity index is 2.01. The predicted octanol–water partition coefficient (Wildman–Crippen LogP) is 2.22. The van der Waals surface area contributed by atoms with Gasteiger partial charge < -0.3 is 15.2 Å². The van der Waals surface area contributed by atoms with E-state index in [2.05, 4.69) is 5.32 Å². The normalized spacial score (nSPS) is 15.2. The predicted molar refractivity (Wildman–Crippen MR) is 55.9 cm³/mol. The van der Waals surface area contributed by atoms with Crippen molar-refractivity contribution in [3.8, 4) is 11.5 Å². The number of hydrogen-bond donors (Lipinski definition) is 2. The smallest absolute Gasteiger partial charge is 0.138 e. The molecule has 1 saturated carbocycles. The number of hydrogen-bond acceptors (Lipinski definition) is 3. The molecular formula is C11H15NO2. The minimum atomic E-state index is 0.256. The molecule has 1 aliphatic rings. The molecule has 2 rings (SSSR count). The Hall–Kier alpha value is -1.38. The van der Waals surface area contributed by atoms with Gasteiger partial charge in [-0.2, -0.15) is 0 Å². The second-order valence-electron chi connectivity index (χ2n) is 3.68. The van der Waals surface area contributed by atoms with Crippen LogP contribution in [-0.4, -0.2) is 18.8 Å². The fourth-order valence-corrected chi connectivity index (χ4v) is 1.30. The third-order valence-corrected chi connectivity index (χ3v) is 2.42. The highest BCUT2D eigenvalue weighted by atomic mass is 16.5. The van der Waals surface area contributed by atoms with E-state index >= 15 is 0 Å². The molecule has 0 atom stereocenters. The van der Waals surface area contributed by atoms with E-state index in [-0.39, 0.29) is 5.75 Å². The summed E-state index contributed by atoms with van der Waals surface area (Å²) in [6.07, 6.45) is 2.58. The van der Waals surface area contributed by atoms with Crippen LogP contribution in [0, 0.1) is 5.92 Å². The maximum Gasteiger partial charge on any atom is 0.138 e. The molecule has 1 aliphatic carbocycles. The molecule has 0 heterocycles. The summed E-state index contributed by atoms with van der Waals surface area (Å²) in [6.45, 7) is 0.800. The summed E-state index contributed by atoms with van der Waals surface area (Å²) >= 11 is 0. The van der Waals surface area contributed by atoms with Crippen molar-refractivity contribution in [3.63, 3.8) is 0 Å². The van der Waals surface area contributed by atoms with Crippen molar-refractivity contribution < 1.29 is 9.84 Å². The summed E-state index contributed by atoms with van der Waals surface area (Å²) in [4.78, 5) is 0. The Kier molecular flexibility index (Phi) is 2.48. The molecule has 76 valence electrons. The zero-order chi connectivity index (χ0) is 9.97. The van der Waals surface area contributed by atoms with Gasteiger partial charge in [-0.3, -0.25) is 0 Å². The van der Waals surface area contributed by atoms with Gasteiger partial charge in [-0.05, 0) is 30.9 Å². The Bertz CT molecular complexity index is 321. The number of benzene rings is 1. The van der Waals surface area contributed by atoms with Crippen molar-refractivity contribution in [2.24, 2.45) is 5.92 Å². The second kappa shape index (κ2) is 3.78. The van der Waals surface area contributed by atoms with E-state index in [0.717, 1.165) is 18.3 Å². The Morgan fingerprint density at radius 2 is 2.29 bits per heavy atom. The fraction of sp³-hybridized carbons (Fsp3) is 0.455. The van der Waals surface area contributed by atoms with Crippen LogP contribution in [0.4, 0.5) is 5.69 Å². The summed E-state index contributed by atoms with van der Waals surface area (Å²) < 4.78 is 5.58. The second-order valence-corrected chi connectivity index (χ2v) is 3.68. The molecule has 1 aromatic rings. The molecule has 3 heteroatoms. The number of aromatic hydroxyl groups is 1. The van der Waals surface area contributed by atoms with Gasteiger partial charge in [0.1, 0.15) is 11.5 Å². The van der Waals surface area contributed by atoms with Gasteiger partial charge in [-0.1, -0.05) is 0 Å². The lowest BCUT2D eigenvalue weighted by atomic mass is 10.3. The number of ether oxygens (including phenoxy) is 1. The number of anilines is 1. The zero-order valence-electron chi connectivity index (χ0n) is 8.29. The standard InChI is InChI=1S/C11H15NO2/c1-12-10-6-9(4-5-11(10)13)14-7-8-2-3-8/h4-6,8,12-13H,2-3,7H2,1H3. The Morgan fingerprint density at radius 3 is 2.93 bits per heavy atom. The van der Waals surface area contributed by atoms with Crippen LogP contribution < -0.4 is 10.1 Å². The lowest BCUT2D eigenvalue weighted by molar-refractivity contribution is 0.299. The molecule has 3 nitrogen and oxygen atoms in total. The number of nitrogens with one attached hydrogen (secondary N) is 1. The van der Waals surface area contributed by atoms with Crippen LogP contribution in [0.5, 0.6) is 11.5 Å². The summed E-state index contributed by atoms with van der Waals surface area (Å²) in [5.74, 6) is 1.83. The molecule has 0 saturated heterocycles. The van der Waals surface area contributed by atoms with Crippen molar-refractivity contribution in [2.45, 2.75) is 12.8 Å². The molecule has 0 spiro atoms. The van der Waals surface area contributed by atoms with E-state index in [1.807, 2.05) is 6.07 Å². The third kappa shape index (κ3) is 2.10. The largest absolute Gasteiger partial charge is 0.506 e. The average molecular weight is 193 g/mol. The van der Waals surface area contributed by atoms with E-state index in [4.69, 9.17) is 4.74 Å². The average Bonchev–Trinajstić information content (AvgIpc) is 3.00. The van der Waals surface area contributed by atoms with Crippen LogP contribution >= 0.6 is 0 Å². The minimum absolute atomic E-state index is 0.256. The van der Waals surface area contributed by atoms with Crippen molar-refractivity contribution in [3.05, 3.63) is 18.2 Å². The Labute approximate surface area is 83.7 Å². The highest BCUT2D eigenvalue weighted by Gasteiger charge is 2.21. The van der Waals surface area contributed by atoms with E-state index < -0.39 is 0 Å². The van der Waals surface area contributed by atoms with Crippen molar-refractivity contribution >= 4 is 5.69 Å². The first kappa shape index (κ1) is 9.19. The van der Waals surface area contributed by atoms with Crippen LogP contribution in [0.15, 0.2) is 18.2 Å². The van der Waals surface area contributed by atoms with Gasteiger partial charge in [0.15, 0.2) is 0 Å². The maximum atomic E-state index is 9.41. The molecule has 0 aliphatic heterocycles. The summed E-state index contributed by atoms with van der Waals surface area (Å²) in [5.41, 5.74) is 0.707. The lowest BCUT2D eigenvalue weighted by Crippen LogP contribution is -1.99. The monoisotopic (exact) mass is 193 g/mol. The Morgan fingerprint density at radius 1 is 1.50 bits per heavy atom. The summed E-state index contributed by atoms with van der Waals surface area (Å²) in [7, 11) is 1.78. The first-order valence-corrected chi connectivity index (χ1v) is 4.93. The maximum absolute atomic E-state index is 9.41. The molecule has 0 unspecified atom stereocenters. The highest BCUT2D eigenvalue weighted by Crippen LogP contribution is 2.31. The summed E-state index contributed by atoms with van der Waals surface area (Å²) in [6, 6.07) is 5.25. The number of rotatable bonds is 4. The van der Waals surface area contributed by atoms with Gasteiger partial charge in [0.2, 0.25) is 0 Å². The number of phenols is 1.